The summed E-state index contributed by atoms with van der Waals surface area (Å²) in [7, 11) is 1.30. The van der Waals surface area contributed by atoms with Crippen LogP contribution in [0.2, 0.25) is 0 Å². The summed E-state index contributed by atoms with van der Waals surface area (Å²) in [6.07, 6.45) is 9.75. The molecule has 4 atom stereocenters. The highest BCUT2D eigenvalue weighted by atomic mass is 16.5. The minimum atomic E-state index is -1.89. The minimum Gasteiger partial charge on any atom is -0.481 e. The number of allylic oxidation sites excluding steroid dienone is 3. The van der Waals surface area contributed by atoms with Gasteiger partial charge in [0.1, 0.15) is 11.3 Å². The Labute approximate surface area is 183 Å². The molecule has 0 heterocycles. The summed E-state index contributed by atoms with van der Waals surface area (Å²) < 4.78 is 4.56. The Balaban J connectivity index is 2.98. The summed E-state index contributed by atoms with van der Waals surface area (Å²) >= 11 is 0. The number of rotatable bonds is 14. The van der Waals surface area contributed by atoms with Gasteiger partial charge in [-0.25, -0.2) is 0 Å². The van der Waals surface area contributed by atoms with Crippen molar-refractivity contribution >= 4 is 23.7 Å². The molecule has 8 heteroatoms. The molecule has 0 amide bonds. The molecule has 0 aliphatic heterocycles. The third kappa shape index (κ3) is 7.31. The zero-order valence-corrected chi connectivity index (χ0v) is 18.3. The molecule has 1 rings (SSSR count). The number of hydrogen-bond donors (Lipinski definition) is 3. The van der Waals surface area contributed by atoms with E-state index in [0.717, 1.165) is 19.3 Å². The van der Waals surface area contributed by atoms with Crippen molar-refractivity contribution in [1.82, 2.24) is 0 Å². The molecule has 0 aromatic rings. The zero-order chi connectivity index (χ0) is 23.4. The Hall–Kier alpha value is -2.48. The fourth-order valence-corrected chi connectivity index (χ4v) is 3.93. The second kappa shape index (κ2) is 13.0. The number of carboxylic acids is 2. The van der Waals surface area contributed by atoms with Crippen molar-refractivity contribution < 1.29 is 39.2 Å². The number of unbranched alkanes of at least 4 members (excludes halogenated alkanes) is 3. The summed E-state index contributed by atoms with van der Waals surface area (Å²) in [4.78, 5) is 47.8. The van der Waals surface area contributed by atoms with Gasteiger partial charge in [0.15, 0.2) is 5.78 Å². The van der Waals surface area contributed by atoms with Crippen LogP contribution in [0, 0.1) is 17.3 Å². The fraction of sp³-hybridized carbons (Fsp3) is 0.652. The largest absolute Gasteiger partial charge is 0.481 e. The predicted molar refractivity (Wildman–Crippen MR) is 113 cm³/mol. The second-order valence-electron chi connectivity index (χ2n) is 7.97. The highest BCUT2D eigenvalue weighted by Crippen LogP contribution is 2.48. The summed E-state index contributed by atoms with van der Waals surface area (Å²) in [5, 5.41) is 29.5. The molecule has 1 saturated carbocycles. The number of aliphatic hydroxyl groups is 1. The van der Waals surface area contributed by atoms with Gasteiger partial charge in [-0.3, -0.25) is 19.2 Å². The van der Waals surface area contributed by atoms with Gasteiger partial charge in [-0.1, -0.05) is 50.5 Å². The van der Waals surface area contributed by atoms with Crippen LogP contribution >= 0.6 is 0 Å². The molecule has 0 aromatic carbocycles. The van der Waals surface area contributed by atoms with Crippen LogP contribution in [-0.2, 0) is 23.9 Å². The van der Waals surface area contributed by atoms with Crippen LogP contribution in [0.25, 0.3) is 0 Å². The van der Waals surface area contributed by atoms with Gasteiger partial charge in [-0.2, -0.15) is 0 Å². The van der Waals surface area contributed by atoms with E-state index in [4.69, 9.17) is 0 Å². The molecule has 174 valence electrons. The number of methoxy groups -OCH3 is 1. The minimum absolute atomic E-state index is 0.116. The molecule has 1 aliphatic carbocycles. The first-order valence-electron chi connectivity index (χ1n) is 10.8. The van der Waals surface area contributed by atoms with Crippen molar-refractivity contribution in [3.8, 4) is 0 Å². The average Bonchev–Trinajstić information content (AvgIpc) is 3.01. The van der Waals surface area contributed by atoms with Gasteiger partial charge in [0.25, 0.3) is 0 Å². The molecule has 0 spiro atoms. The maximum Gasteiger partial charge on any atom is 0.318 e. The van der Waals surface area contributed by atoms with Gasteiger partial charge in [-0.15, -0.1) is 0 Å². The molecule has 1 aliphatic rings. The first-order valence-corrected chi connectivity index (χ1v) is 10.8. The van der Waals surface area contributed by atoms with E-state index in [1.165, 1.54) is 19.3 Å². The molecule has 0 aromatic heterocycles. The standard InChI is InChI=1S/C23H34O8/c1-3-4-7-10-17(24)13-12-16-15-18(21(27)28)20(26)23(16,22(29)30)14-9-6-5-8-11-19(25)31-2/h6,9,12-13,16-18,24H,3-5,7-8,10-11,14-15H2,1-2H3,(H,27,28)(H,29,30)/t16-,17?,18+,23?/m1/s1. The lowest BCUT2D eigenvalue weighted by Gasteiger charge is -2.27. The average molecular weight is 439 g/mol. The third-order valence-corrected chi connectivity index (χ3v) is 5.81. The lowest BCUT2D eigenvalue weighted by Crippen LogP contribution is -2.42. The molecule has 0 bridgehead atoms. The van der Waals surface area contributed by atoms with Crippen molar-refractivity contribution in [3.63, 3.8) is 0 Å². The summed E-state index contributed by atoms with van der Waals surface area (Å²) in [6.45, 7) is 2.04. The van der Waals surface area contributed by atoms with Crippen molar-refractivity contribution in [1.29, 1.82) is 0 Å². The number of ketones is 1. The van der Waals surface area contributed by atoms with Crippen LogP contribution in [0.5, 0.6) is 0 Å². The second-order valence-corrected chi connectivity index (χ2v) is 7.97. The van der Waals surface area contributed by atoms with Gasteiger partial charge >= 0.3 is 17.9 Å². The van der Waals surface area contributed by atoms with E-state index in [1.807, 2.05) is 6.92 Å². The van der Waals surface area contributed by atoms with Crippen molar-refractivity contribution in [2.45, 2.75) is 70.8 Å². The Morgan fingerprint density at radius 1 is 1.19 bits per heavy atom. The van der Waals surface area contributed by atoms with Crippen LogP contribution in [0.3, 0.4) is 0 Å². The Kier molecular flexibility index (Phi) is 11.2. The summed E-state index contributed by atoms with van der Waals surface area (Å²) in [6, 6.07) is 0. The number of ether oxygens (including phenoxy) is 1. The molecular formula is C23H34O8. The highest BCUT2D eigenvalue weighted by Gasteiger charge is 2.60. The lowest BCUT2D eigenvalue weighted by molar-refractivity contribution is -0.156. The maximum absolute atomic E-state index is 12.9. The first-order chi connectivity index (χ1) is 14.7. The number of esters is 1. The Morgan fingerprint density at radius 2 is 1.90 bits per heavy atom. The van der Waals surface area contributed by atoms with E-state index in [2.05, 4.69) is 4.74 Å². The number of aliphatic hydroxyl groups excluding tert-OH is 1. The van der Waals surface area contributed by atoms with Gasteiger partial charge in [-0.05, 0) is 32.1 Å². The van der Waals surface area contributed by atoms with Crippen LogP contribution in [0.1, 0.15) is 64.7 Å². The van der Waals surface area contributed by atoms with Crippen molar-refractivity contribution in [3.05, 3.63) is 24.3 Å². The van der Waals surface area contributed by atoms with Crippen LogP contribution in [0.15, 0.2) is 24.3 Å². The normalized spacial score (nSPS) is 24.7. The molecule has 0 saturated heterocycles. The van der Waals surface area contributed by atoms with Crippen molar-refractivity contribution in [2.75, 3.05) is 7.11 Å². The molecule has 2 unspecified atom stereocenters. The first kappa shape index (κ1) is 26.6. The van der Waals surface area contributed by atoms with Gasteiger partial charge in [0.2, 0.25) is 0 Å². The molecule has 0 radical (unpaired) electrons. The summed E-state index contributed by atoms with van der Waals surface area (Å²) in [5.41, 5.74) is -1.89. The number of aliphatic carboxylic acids is 2. The van der Waals surface area contributed by atoms with Gasteiger partial charge < -0.3 is 20.1 Å². The van der Waals surface area contributed by atoms with Crippen LogP contribution in [-0.4, -0.2) is 52.2 Å². The van der Waals surface area contributed by atoms with E-state index in [1.54, 1.807) is 12.2 Å². The smallest absolute Gasteiger partial charge is 0.318 e. The molecule has 1 fully saturated rings. The van der Waals surface area contributed by atoms with E-state index in [0.29, 0.717) is 19.3 Å². The highest BCUT2D eigenvalue weighted by molar-refractivity contribution is 6.13. The van der Waals surface area contributed by atoms with E-state index in [9.17, 15) is 34.5 Å². The van der Waals surface area contributed by atoms with E-state index < -0.39 is 41.1 Å². The quantitative estimate of drug-likeness (QED) is 0.163. The Morgan fingerprint density at radius 3 is 2.48 bits per heavy atom. The van der Waals surface area contributed by atoms with Crippen LogP contribution in [0.4, 0.5) is 0 Å². The Bertz CT molecular complexity index is 696. The van der Waals surface area contributed by atoms with Gasteiger partial charge in [0, 0.05) is 12.3 Å². The molecular weight excluding hydrogens is 404 g/mol. The van der Waals surface area contributed by atoms with Gasteiger partial charge in [0.05, 0.1) is 13.2 Å². The number of Topliss-reactive ketones (excluding diaryl/α,β-unsaturated/α-hetero) is 1. The number of carboxylic acid groups (broad SMARTS) is 2. The third-order valence-electron chi connectivity index (χ3n) is 5.81. The maximum atomic E-state index is 12.9. The predicted octanol–water partition coefficient (Wildman–Crippen LogP) is 3.13. The molecule has 8 nitrogen and oxygen atoms in total. The SMILES string of the molecule is CCCCCC(O)C=C[C@@H]1C[C@H](C(=O)O)C(=O)C1(CC=CCCCC(=O)OC)C(=O)O. The molecule has 3 N–H and O–H groups in total. The van der Waals surface area contributed by atoms with Crippen molar-refractivity contribution in [2.24, 2.45) is 17.3 Å². The number of carbonyl (C=O) groups is 4. The van der Waals surface area contributed by atoms with Crippen LogP contribution < -0.4 is 0 Å². The number of carbonyl (C=O) groups excluding carboxylic acids is 2. The van der Waals surface area contributed by atoms with E-state index >= 15 is 0 Å². The summed E-state index contributed by atoms with van der Waals surface area (Å²) in [5.74, 6) is -6.09. The lowest BCUT2D eigenvalue weighted by atomic mass is 9.73. The van der Waals surface area contributed by atoms with E-state index in [-0.39, 0.29) is 25.2 Å². The fourth-order valence-electron chi connectivity index (χ4n) is 3.93. The topological polar surface area (TPSA) is 138 Å². The zero-order valence-electron chi connectivity index (χ0n) is 18.3. The monoisotopic (exact) mass is 438 g/mol. The number of hydrogen-bond acceptors (Lipinski definition) is 6. The molecule has 31 heavy (non-hydrogen) atoms.